The summed E-state index contributed by atoms with van der Waals surface area (Å²) in [5.41, 5.74) is 2.27. The van der Waals surface area contributed by atoms with Gasteiger partial charge in [0.15, 0.2) is 0 Å². The molecular formula is C19H22N4O2S. The number of likely N-dealkylation sites (N-methyl/N-ethyl adjacent to an activating group) is 1. The van der Waals surface area contributed by atoms with Gasteiger partial charge in [0.2, 0.25) is 5.91 Å². The summed E-state index contributed by atoms with van der Waals surface area (Å²) in [5.74, 6) is 0.734. The molecule has 2 N–H and O–H groups in total. The highest BCUT2D eigenvalue weighted by molar-refractivity contribution is 7.19. The van der Waals surface area contributed by atoms with Gasteiger partial charge in [-0.15, -0.1) is 11.3 Å². The first kappa shape index (κ1) is 18.3. The fourth-order valence-corrected chi connectivity index (χ4v) is 3.90. The van der Waals surface area contributed by atoms with E-state index in [1.165, 1.54) is 9.78 Å². The number of carbonyl (C=O) groups is 1. The molecule has 2 heterocycles. The van der Waals surface area contributed by atoms with Crippen molar-refractivity contribution in [1.82, 2.24) is 14.9 Å². The Morgan fingerprint density at radius 1 is 1.27 bits per heavy atom. The molecule has 0 saturated heterocycles. The predicted octanol–water partition coefficient (Wildman–Crippen LogP) is 2.92. The number of rotatable bonds is 7. The molecule has 7 heteroatoms. The highest BCUT2D eigenvalue weighted by Gasteiger charge is 2.16. The van der Waals surface area contributed by atoms with E-state index < -0.39 is 0 Å². The van der Waals surface area contributed by atoms with Gasteiger partial charge in [-0.05, 0) is 12.5 Å². The van der Waals surface area contributed by atoms with Gasteiger partial charge in [-0.1, -0.05) is 30.3 Å². The summed E-state index contributed by atoms with van der Waals surface area (Å²) in [6, 6.07) is 10.2. The first-order valence-corrected chi connectivity index (χ1v) is 9.31. The predicted molar refractivity (Wildman–Crippen MR) is 105 cm³/mol. The van der Waals surface area contributed by atoms with Crippen LogP contribution in [0.15, 0.2) is 36.7 Å². The van der Waals surface area contributed by atoms with Crippen LogP contribution >= 0.6 is 11.3 Å². The normalized spacial score (nSPS) is 10.9. The van der Waals surface area contributed by atoms with Crippen molar-refractivity contribution in [2.75, 3.05) is 32.1 Å². The number of nitrogens with zero attached hydrogens (tertiary/aromatic N) is 3. The van der Waals surface area contributed by atoms with Gasteiger partial charge < -0.3 is 15.3 Å². The van der Waals surface area contributed by atoms with Crippen LogP contribution in [0.2, 0.25) is 0 Å². The molecule has 0 aliphatic heterocycles. The molecule has 0 fully saturated rings. The maximum absolute atomic E-state index is 12.0. The van der Waals surface area contributed by atoms with Crippen molar-refractivity contribution >= 4 is 33.3 Å². The van der Waals surface area contributed by atoms with Crippen LogP contribution in [0.4, 0.5) is 5.82 Å². The zero-order valence-electron chi connectivity index (χ0n) is 14.9. The average Bonchev–Trinajstić information content (AvgIpc) is 2.99. The van der Waals surface area contributed by atoms with E-state index in [4.69, 9.17) is 5.11 Å². The zero-order valence-corrected chi connectivity index (χ0v) is 15.7. The lowest BCUT2D eigenvalue weighted by Crippen LogP contribution is -2.30. The highest BCUT2D eigenvalue weighted by atomic mass is 32.1. The summed E-state index contributed by atoms with van der Waals surface area (Å²) >= 11 is 1.64. The molecule has 1 amide bonds. The maximum atomic E-state index is 12.0. The maximum Gasteiger partial charge on any atom is 0.224 e. The Kier molecular flexibility index (Phi) is 5.80. The largest absolute Gasteiger partial charge is 0.395 e. The number of nitrogens with one attached hydrogen (secondary N) is 1. The van der Waals surface area contributed by atoms with E-state index >= 15 is 0 Å². The molecule has 0 bridgehead atoms. The van der Waals surface area contributed by atoms with E-state index in [1.54, 1.807) is 24.7 Å². The van der Waals surface area contributed by atoms with Crippen LogP contribution in [0.25, 0.3) is 21.3 Å². The summed E-state index contributed by atoms with van der Waals surface area (Å²) in [5, 5.41) is 13.2. The number of thiophene rings is 1. The van der Waals surface area contributed by atoms with Gasteiger partial charge >= 0.3 is 0 Å². The minimum Gasteiger partial charge on any atom is -0.395 e. The quantitative estimate of drug-likeness (QED) is 0.669. The molecule has 3 aromatic rings. The Labute approximate surface area is 156 Å². The van der Waals surface area contributed by atoms with Gasteiger partial charge in [-0.3, -0.25) is 4.79 Å². The third kappa shape index (κ3) is 3.84. The molecule has 6 nitrogen and oxygen atoms in total. The van der Waals surface area contributed by atoms with E-state index in [1.807, 2.05) is 18.2 Å². The van der Waals surface area contributed by atoms with Crippen LogP contribution in [0.5, 0.6) is 0 Å². The second kappa shape index (κ2) is 8.25. The van der Waals surface area contributed by atoms with Gasteiger partial charge in [-0.25, -0.2) is 9.97 Å². The minimum atomic E-state index is -0.0309. The van der Waals surface area contributed by atoms with Crippen molar-refractivity contribution in [1.29, 1.82) is 0 Å². The lowest BCUT2D eigenvalue weighted by molar-refractivity contribution is -0.130. The molecule has 3 rings (SSSR count). The molecule has 26 heavy (non-hydrogen) atoms. The summed E-state index contributed by atoms with van der Waals surface area (Å²) < 4.78 is 0. The Hall–Kier alpha value is -2.51. The number of anilines is 1. The number of aliphatic hydroxyl groups excluding tert-OH is 1. The van der Waals surface area contributed by atoms with Crippen molar-refractivity contribution in [3.63, 3.8) is 0 Å². The topological polar surface area (TPSA) is 78.4 Å². The standard InChI is InChI=1S/C19H22N4O2S/c1-13-16(14-6-4-3-5-7-14)17-18(21-12-22-19(17)26-13)20-9-8-15(25)23(2)10-11-24/h3-7,12,24H,8-11H2,1-2H3,(H,20,21,22). The fourth-order valence-electron chi connectivity index (χ4n) is 2.88. The molecule has 0 atom stereocenters. The fraction of sp³-hybridized carbons (Fsp3) is 0.316. The molecule has 136 valence electrons. The van der Waals surface area contributed by atoms with Crippen LogP contribution in [0.1, 0.15) is 11.3 Å². The molecule has 0 spiro atoms. The van der Waals surface area contributed by atoms with Crippen molar-refractivity contribution < 1.29 is 9.90 Å². The van der Waals surface area contributed by atoms with Crippen molar-refractivity contribution in [3.8, 4) is 11.1 Å². The summed E-state index contributed by atoms with van der Waals surface area (Å²) in [6.07, 6.45) is 1.89. The number of fused-ring (bicyclic) bond motifs is 1. The number of hydrogen-bond acceptors (Lipinski definition) is 6. The Morgan fingerprint density at radius 2 is 2.04 bits per heavy atom. The van der Waals surface area contributed by atoms with Crippen LogP contribution in [-0.2, 0) is 4.79 Å². The third-order valence-corrected chi connectivity index (χ3v) is 5.23. The average molecular weight is 370 g/mol. The van der Waals surface area contributed by atoms with Crippen LogP contribution in [-0.4, -0.2) is 52.6 Å². The Morgan fingerprint density at radius 3 is 2.77 bits per heavy atom. The van der Waals surface area contributed by atoms with Crippen LogP contribution in [0, 0.1) is 6.92 Å². The Bertz CT molecular complexity index is 895. The SMILES string of the molecule is Cc1sc2ncnc(NCCC(=O)N(C)CCO)c2c1-c1ccccc1. The van der Waals surface area contributed by atoms with Crippen molar-refractivity contribution in [2.45, 2.75) is 13.3 Å². The molecule has 0 aliphatic carbocycles. The van der Waals surface area contributed by atoms with Crippen LogP contribution in [0.3, 0.4) is 0 Å². The second-order valence-corrected chi connectivity index (χ2v) is 7.22. The number of carbonyl (C=O) groups excluding carboxylic acids is 1. The molecular weight excluding hydrogens is 348 g/mol. The van der Waals surface area contributed by atoms with E-state index in [-0.39, 0.29) is 12.5 Å². The number of amides is 1. The summed E-state index contributed by atoms with van der Waals surface area (Å²) in [4.78, 5) is 24.5. The number of hydrogen-bond donors (Lipinski definition) is 2. The first-order valence-electron chi connectivity index (χ1n) is 8.50. The monoisotopic (exact) mass is 370 g/mol. The van der Waals surface area contributed by atoms with Gasteiger partial charge in [0.1, 0.15) is 17.0 Å². The zero-order chi connectivity index (χ0) is 18.5. The van der Waals surface area contributed by atoms with Gasteiger partial charge in [0, 0.05) is 37.0 Å². The molecule has 0 radical (unpaired) electrons. The van der Waals surface area contributed by atoms with Gasteiger partial charge in [0.05, 0.1) is 12.0 Å². The van der Waals surface area contributed by atoms with E-state index in [2.05, 4.69) is 34.3 Å². The minimum absolute atomic E-state index is 0.0124. The summed E-state index contributed by atoms with van der Waals surface area (Å²) in [7, 11) is 1.69. The van der Waals surface area contributed by atoms with E-state index in [9.17, 15) is 4.79 Å². The van der Waals surface area contributed by atoms with Crippen LogP contribution < -0.4 is 5.32 Å². The smallest absolute Gasteiger partial charge is 0.224 e. The molecule has 0 saturated carbocycles. The lowest BCUT2D eigenvalue weighted by atomic mass is 10.0. The van der Waals surface area contributed by atoms with E-state index in [0.717, 1.165) is 27.2 Å². The molecule has 1 aromatic carbocycles. The van der Waals surface area contributed by atoms with Crippen molar-refractivity contribution in [2.24, 2.45) is 0 Å². The first-order chi connectivity index (χ1) is 12.6. The summed E-state index contributed by atoms with van der Waals surface area (Å²) in [6.45, 7) is 2.88. The van der Waals surface area contributed by atoms with E-state index in [0.29, 0.717) is 19.5 Å². The Balaban J connectivity index is 1.84. The van der Waals surface area contributed by atoms with Gasteiger partial charge in [-0.2, -0.15) is 0 Å². The molecule has 2 aromatic heterocycles. The molecule has 0 unspecified atom stereocenters. The van der Waals surface area contributed by atoms with Gasteiger partial charge in [0.25, 0.3) is 0 Å². The van der Waals surface area contributed by atoms with Crippen molar-refractivity contribution in [3.05, 3.63) is 41.5 Å². The number of aromatic nitrogens is 2. The third-order valence-electron chi connectivity index (χ3n) is 4.22. The second-order valence-electron chi connectivity index (χ2n) is 6.02. The number of benzene rings is 1. The number of aliphatic hydroxyl groups is 1. The highest BCUT2D eigenvalue weighted by Crippen LogP contribution is 2.40. The molecule has 0 aliphatic rings. The number of aryl methyl sites for hydroxylation is 1. The lowest BCUT2D eigenvalue weighted by Gasteiger charge is -2.16.